The Morgan fingerprint density at radius 3 is 2.97 bits per heavy atom. The van der Waals surface area contributed by atoms with Crippen LogP contribution in [0.25, 0.3) is 10.2 Å². The Labute approximate surface area is 218 Å². The molecule has 0 saturated carbocycles. The quantitative estimate of drug-likeness (QED) is 0.325. The van der Waals surface area contributed by atoms with E-state index >= 15 is 0 Å². The Balaban J connectivity index is 1.12. The van der Waals surface area contributed by atoms with Gasteiger partial charge in [-0.3, -0.25) is 5.01 Å². The molecule has 1 fully saturated rings. The fourth-order valence-electron chi connectivity index (χ4n) is 5.39. The summed E-state index contributed by atoms with van der Waals surface area (Å²) in [5.41, 5.74) is 4.06. The minimum atomic E-state index is -0.259. The van der Waals surface area contributed by atoms with E-state index in [1.807, 2.05) is 31.2 Å². The fraction of sp³-hybridized carbons (Fsp3) is 0.321. The van der Waals surface area contributed by atoms with E-state index in [0.29, 0.717) is 24.7 Å². The predicted molar refractivity (Wildman–Crippen MR) is 142 cm³/mol. The number of thiophene rings is 1. The van der Waals surface area contributed by atoms with Gasteiger partial charge in [0.15, 0.2) is 0 Å². The number of hydrazone groups is 1. The largest absolute Gasteiger partial charge is 0.489 e. The topological polar surface area (TPSA) is 75.2 Å². The van der Waals surface area contributed by atoms with Crippen LogP contribution in [0.5, 0.6) is 5.75 Å². The lowest BCUT2D eigenvalue weighted by Crippen LogP contribution is -2.36. The Hall–Kier alpha value is -3.56. The zero-order valence-electron chi connectivity index (χ0n) is 20.4. The monoisotopic (exact) mass is 515 g/mol. The van der Waals surface area contributed by atoms with Gasteiger partial charge in [0, 0.05) is 16.8 Å². The molecule has 4 heterocycles. The van der Waals surface area contributed by atoms with Crippen LogP contribution in [0.3, 0.4) is 0 Å². The molecular formula is C28H26FN5O2S. The summed E-state index contributed by atoms with van der Waals surface area (Å²) in [5, 5.41) is 11.6. The van der Waals surface area contributed by atoms with Crippen LogP contribution < -0.4 is 10.1 Å². The molecule has 0 bridgehead atoms. The highest BCUT2D eigenvalue weighted by Gasteiger charge is 2.41. The van der Waals surface area contributed by atoms with Gasteiger partial charge in [0.25, 0.3) is 0 Å². The third kappa shape index (κ3) is 4.32. The summed E-state index contributed by atoms with van der Waals surface area (Å²) < 4.78 is 24.8. The molecule has 0 spiro atoms. The maximum atomic E-state index is 13.5. The number of epoxide rings is 1. The standard InChI is InChI=1S/C28H26FN5O2S/c1-16-9-19(5-8-24(16)36-13-17-3-2-4-18(29)10-17)33-27-25-21-6-7-23-22(11-32-34(23)12-20-14-35-20)26(21)37-28(25)31-15-30-27/h2-5,8-11,15,20,22-23H,6-7,12-14H2,1H3,(H,30,31,33)/t20-,22?,23?/m0/s1. The number of aryl methyl sites for hydroxylation is 2. The molecule has 1 N–H and O–H groups in total. The second-order valence-corrected chi connectivity index (χ2v) is 10.9. The van der Waals surface area contributed by atoms with Gasteiger partial charge in [0.1, 0.15) is 41.3 Å². The van der Waals surface area contributed by atoms with Crippen molar-refractivity contribution in [2.75, 3.05) is 18.5 Å². The lowest BCUT2D eigenvalue weighted by molar-refractivity contribution is 0.186. The molecule has 0 amide bonds. The molecule has 2 aromatic carbocycles. The van der Waals surface area contributed by atoms with E-state index in [9.17, 15) is 4.39 Å². The van der Waals surface area contributed by atoms with Gasteiger partial charge >= 0.3 is 0 Å². The van der Waals surface area contributed by atoms with Crippen molar-refractivity contribution >= 4 is 39.3 Å². The summed E-state index contributed by atoms with van der Waals surface area (Å²) in [6, 6.07) is 12.8. The molecule has 0 radical (unpaired) electrons. The van der Waals surface area contributed by atoms with E-state index < -0.39 is 0 Å². The van der Waals surface area contributed by atoms with Gasteiger partial charge in [-0.05, 0) is 66.8 Å². The fourth-order valence-corrected chi connectivity index (χ4v) is 6.70. The van der Waals surface area contributed by atoms with Gasteiger partial charge in [-0.25, -0.2) is 14.4 Å². The summed E-state index contributed by atoms with van der Waals surface area (Å²) >= 11 is 1.76. The number of nitrogens with zero attached hydrogens (tertiary/aromatic N) is 4. The molecule has 2 aliphatic heterocycles. The van der Waals surface area contributed by atoms with E-state index in [1.165, 1.54) is 22.6 Å². The smallest absolute Gasteiger partial charge is 0.142 e. The minimum Gasteiger partial charge on any atom is -0.489 e. The first-order chi connectivity index (χ1) is 18.1. The molecule has 37 heavy (non-hydrogen) atoms. The molecule has 2 aromatic heterocycles. The summed E-state index contributed by atoms with van der Waals surface area (Å²) in [6.45, 7) is 4.05. The minimum absolute atomic E-state index is 0.259. The van der Waals surface area contributed by atoms with Crippen LogP contribution in [-0.4, -0.2) is 46.5 Å². The first-order valence-electron chi connectivity index (χ1n) is 12.6. The summed E-state index contributed by atoms with van der Waals surface area (Å²) in [4.78, 5) is 11.6. The Kier molecular flexibility index (Phi) is 5.55. The summed E-state index contributed by atoms with van der Waals surface area (Å²) in [5.74, 6) is 1.63. The normalized spacial score (nSPS) is 21.7. The van der Waals surface area contributed by atoms with Crippen molar-refractivity contribution < 1.29 is 13.9 Å². The molecule has 1 aliphatic carbocycles. The highest BCUT2D eigenvalue weighted by molar-refractivity contribution is 7.19. The summed E-state index contributed by atoms with van der Waals surface area (Å²) in [7, 11) is 0. The van der Waals surface area contributed by atoms with Gasteiger partial charge in [0.2, 0.25) is 0 Å². The average Bonchev–Trinajstić information content (AvgIpc) is 3.48. The average molecular weight is 516 g/mol. The molecule has 7 nitrogen and oxygen atoms in total. The second kappa shape index (κ2) is 9.08. The number of benzene rings is 2. The third-order valence-electron chi connectivity index (χ3n) is 7.30. The molecule has 2 unspecified atom stereocenters. The van der Waals surface area contributed by atoms with Gasteiger partial charge in [0.05, 0.1) is 30.5 Å². The SMILES string of the molecule is Cc1cc(Nc2ncnc3sc4c(c23)CCC2C4C=NN2C[C@H]2CO2)ccc1OCc1cccc(F)c1. The Morgan fingerprint density at radius 2 is 2.14 bits per heavy atom. The van der Waals surface area contributed by atoms with Crippen LogP contribution >= 0.6 is 11.3 Å². The molecule has 3 atom stereocenters. The van der Waals surface area contributed by atoms with E-state index in [-0.39, 0.29) is 5.82 Å². The van der Waals surface area contributed by atoms with Crippen molar-refractivity contribution in [2.24, 2.45) is 5.10 Å². The van der Waals surface area contributed by atoms with E-state index in [4.69, 9.17) is 14.6 Å². The van der Waals surface area contributed by atoms with Gasteiger partial charge in [-0.1, -0.05) is 12.1 Å². The van der Waals surface area contributed by atoms with Gasteiger partial charge < -0.3 is 14.8 Å². The van der Waals surface area contributed by atoms with Crippen molar-refractivity contribution in [3.8, 4) is 5.75 Å². The number of fused-ring (bicyclic) bond motifs is 5. The van der Waals surface area contributed by atoms with Crippen LogP contribution in [0, 0.1) is 12.7 Å². The third-order valence-corrected chi connectivity index (χ3v) is 8.54. The van der Waals surface area contributed by atoms with Crippen molar-refractivity contribution in [1.82, 2.24) is 15.0 Å². The molecule has 188 valence electrons. The first kappa shape index (κ1) is 22.6. The number of halogens is 1. The zero-order chi connectivity index (χ0) is 24.9. The lowest BCUT2D eigenvalue weighted by atomic mass is 9.85. The highest BCUT2D eigenvalue weighted by Crippen LogP contribution is 2.46. The maximum absolute atomic E-state index is 13.5. The number of hydrogen-bond donors (Lipinski definition) is 1. The predicted octanol–water partition coefficient (Wildman–Crippen LogP) is 5.56. The molecule has 3 aliphatic rings. The number of ether oxygens (including phenoxy) is 2. The molecule has 1 saturated heterocycles. The number of aromatic nitrogens is 2. The van der Waals surface area contributed by atoms with Crippen molar-refractivity contribution in [3.63, 3.8) is 0 Å². The van der Waals surface area contributed by atoms with E-state index in [0.717, 1.165) is 64.6 Å². The van der Waals surface area contributed by atoms with E-state index in [2.05, 4.69) is 26.5 Å². The Bertz CT molecular complexity index is 1520. The number of anilines is 2. The second-order valence-electron chi connectivity index (χ2n) is 9.84. The first-order valence-corrected chi connectivity index (χ1v) is 13.4. The number of nitrogens with one attached hydrogen (secondary N) is 1. The lowest BCUT2D eigenvalue weighted by Gasteiger charge is -2.31. The van der Waals surface area contributed by atoms with Gasteiger partial charge in [-0.15, -0.1) is 11.3 Å². The number of rotatable bonds is 7. The van der Waals surface area contributed by atoms with Crippen LogP contribution in [0.15, 0.2) is 53.9 Å². The van der Waals surface area contributed by atoms with Gasteiger partial charge in [-0.2, -0.15) is 5.10 Å². The van der Waals surface area contributed by atoms with Crippen molar-refractivity contribution in [2.45, 2.75) is 44.4 Å². The molecule has 4 aromatic rings. The summed E-state index contributed by atoms with van der Waals surface area (Å²) in [6.07, 6.45) is 6.11. The van der Waals surface area contributed by atoms with Crippen molar-refractivity contribution in [1.29, 1.82) is 0 Å². The van der Waals surface area contributed by atoms with Crippen LogP contribution in [0.4, 0.5) is 15.9 Å². The zero-order valence-corrected chi connectivity index (χ0v) is 21.2. The molecular weight excluding hydrogens is 489 g/mol. The highest BCUT2D eigenvalue weighted by atomic mass is 32.1. The van der Waals surface area contributed by atoms with Crippen LogP contribution in [0.2, 0.25) is 0 Å². The Morgan fingerprint density at radius 1 is 1.22 bits per heavy atom. The maximum Gasteiger partial charge on any atom is 0.142 e. The van der Waals surface area contributed by atoms with Crippen LogP contribution in [0.1, 0.15) is 33.9 Å². The molecule has 9 heteroatoms. The van der Waals surface area contributed by atoms with Crippen LogP contribution in [-0.2, 0) is 17.8 Å². The molecule has 7 rings (SSSR count). The van der Waals surface area contributed by atoms with E-state index in [1.54, 1.807) is 23.7 Å². The number of hydrogen-bond acceptors (Lipinski definition) is 8. The van der Waals surface area contributed by atoms with Crippen molar-refractivity contribution in [3.05, 3.63) is 76.2 Å².